The van der Waals surface area contributed by atoms with E-state index in [1.54, 1.807) is 24.7 Å². The van der Waals surface area contributed by atoms with E-state index >= 15 is 0 Å². The van der Waals surface area contributed by atoms with Crippen molar-refractivity contribution in [2.75, 3.05) is 40.0 Å². The second kappa shape index (κ2) is 13.5. The van der Waals surface area contributed by atoms with E-state index in [9.17, 15) is 19.8 Å². The van der Waals surface area contributed by atoms with E-state index in [1.807, 2.05) is 24.3 Å². The van der Waals surface area contributed by atoms with Crippen molar-refractivity contribution in [2.45, 2.75) is 58.0 Å². The Morgan fingerprint density at radius 3 is 2.52 bits per heavy atom. The van der Waals surface area contributed by atoms with Gasteiger partial charge in [-0.05, 0) is 57.5 Å². The highest BCUT2D eigenvalue weighted by Crippen LogP contribution is 2.27. The van der Waals surface area contributed by atoms with Crippen LogP contribution in [0.2, 0.25) is 0 Å². The second-order valence-corrected chi connectivity index (χ2v) is 10.7. The molecule has 2 aliphatic heterocycles. The molecule has 0 saturated carbocycles. The Morgan fingerprint density at radius 2 is 1.93 bits per heavy atom. The van der Waals surface area contributed by atoms with Gasteiger partial charge in [0.2, 0.25) is 0 Å². The van der Waals surface area contributed by atoms with Gasteiger partial charge in [-0.15, -0.1) is 0 Å². The molecule has 3 N–H and O–H groups in total. The molecule has 4 heterocycles. The van der Waals surface area contributed by atoms with Gasteiger partial charge in [-0.1, -0.05) is 6.07 Å². The van der Waals surface area contributed by atoms with Gasteiger partial charge in [0, 0.05) is 57.2 Å². The van der Waals surface area contributed by atoms with Gasteiger partial charge < -0.3 is 28.8 Å². The monoisotopic (exact) mass is 555 g/mol. The van der Waals surface area contributed by atoms with E-state index in [0.29, 0.717) is 25.3 Å². The number of aliphatic hydroxyl groups is 1. The maximum Gasteiger partial charge on any atom is 0.323 e. The molecule has 218 valence electrons. The minimum absolute atomic E-state index is 0.0451. The molecule has 2 fully saturated rings. The third-order valence-electron chi connectivity index (χ3n) is 7.45. The molecular formula is C29H41N5O6. The van der Waals surface area contributed by atoms with Crippen LogP contribution < -0.4 is 10.9 Å². The Kier molecular flexibility index (Phi) is 10.1. The van der Waals surface area contributed by atoms with Crippen molar-refractivity contribution in [3.63, 3.8) is 0 Å². The number of aliphatic carboxylic acids is 1. The number of aryl methyl sites for hydroxylation is 2. The third kappa shape index (κ3) is 7.15. The van der Waals surface area contributed by atoms with Crippen molar-refractivity contribution in [3.05, 3.63) is 51.9 Å². The summed E-state index contributed by atoms with van der Waals surface area (Å²) in [5, 5.41) is 22.0. The fourth-order valence-corrected chi connectivity index (χ4v) is 5.03. The Morgan fingerprint density at radius 1 is 1.18 bits per heavy atom. The van der Waals surface area contributed by atoms with Gasteiger partial charge in [-0.3, -0.25) is 19.8 Å². The zero-order valence-electron chi connectivity index (χ0n) is 23.8. The molecule has 40 heavy (non-hydrogen) atoms. The summed E-state index contributed by atoms with van der Waals surface area (Å²) in [5.41, 5.74) is 4.02. The number of hydrogen-bond donors (Lipinski definition) is 3. The van der Waals surface area contributed by atoms with Crippen molar-refractivity contribution in [1.82, 2.24) is 24.3 Å². The van der Waals surface area contributed by atoms with Crippen LogP contribution in [-0.4, -0.2) is 93.4 Å². The van der Waals surface area contributed by atoms with Crippen LogP contribution in [0.25, 0.3) is 22.4 Å². The second-order valence-electron chi connectivity index (χ2n) is 10.7. The van der Waals surface area contributed by atoms with Gasteiger partial charge in [0.15, 0.2) is 0 Å². The minimum Gasteiger partial charge on any atom is -0.480 e. The lowest BCUT2D eigenvalue weighted by molar-refractivity contribution is -0.142. The number of nitrogens with zero attached hydrogens (tertiary/aromatic N) is 4. The van der Waals surface area contributed by atoms with E-state index in [2.05, 4.69) is 21.8 Å². The number of nitrogens with one attached hydrogen (secondary N) is 1. The molecule has 0 bridgehead atoms. The first-order valence-corrected chi connectivity index (χ1v) is 13.8. The van der Waals surface area contributed by atoms with E-state index in [1.165, 1.54) is 19.8 Å². The molecule has 2 saturated heterocycles. The average molecular weight is 556 g/mol. The number of carbonyl (C=O) groups is 1. The van der Waals surface area contributed by atoms with Crippen LogP contribution in [0.3, 0.4) is 0 Å². The molecule has 3 unspecified atom stereocenters. The summed E-state index contributed by atoms with van der Waals surface area (Å²) in [6.45, 7) is 8.39. The largest absolute Gasteiger partial charge is 0.480 e. The van der Waals surface area contributed by atoms with Gasteiger partial charge in [0.05, 0.1) is 36.4 Å². The molecule has 2 aliphatic rings. The number of rotatable bonds is 8. The first-order chi connectivity index (χ1) is 19.2. The number of hydrogen-bond acceptors (Lipinski definition) is 8. The molecule has 11 heteroatoms. The number of carboxylic acid groups (broad SMARTS) is 1. The predicted octanol–water partition coefficient (Wildman–Crippen LogP) is 1.76. The summed E-state index contributed by atoms with van der Waals surface area (Å²) in [6, 6.07) is 6.83. The average Bonchev–Trinajstić information content (AvgIpc) is 3.60. The van der Waals surface area contributed by atoms with Gasteiger partial charge in [-0.25, -0.2) is 4.98 Å². The molecule has 0 aliphatic carbocycles. The Hall–Kier alpha value is -3.09. The molecular weight excluding hydrogens is 514 g/mol. The molecule has 0 spiro atoms. The number of likely N-dealkylation sites (N-methyl/N-ethyl adjacent to an activating group) is 1. The maximum atomic E-state index is 12.3. The van der Waals surface area contributed by atoms with Crippen LogP contribution in [0.5, 0.6) is 0 Å². The summed E-state index contributed by atoms with van der Waals surface area (Å²) in [6.07, 6.45) is 3.33. The Bertz CT molecular complexity index is 1330. The SMILES string of the molecule is C1CCOC1.Cc1cc(-c2nc3cc(CNC(C(=O)O)C(C)O)ccc3n2CC2COCCN2C)cn(C)c1=O. The lowest BCUT2D eigenvalue weighted by atomic mass is 10.1. The van der Waals surface area contributed by atoms with Gasteiger partial charge >= 0.3 is 5.97 Å². The number of aliphatic hydroxyl groups excluding tert-OH is 1. The van der Waals surface area contributed by atoms with Crippen LogP contribution in [0.15, 0.2) is 35.3 Å². The first kappa shape index (κ1) is 29.9. The fraction of sp³-hybridized carbons (Fsp3) is 0.552. The number of fused-ring (bicyclic) bond motifs is 1. The smallest absolute Gasteiger partial charge is 0.323 e. The summed E-state index contributed by atoms with van der Waals surface area (Å²) in [5.74, 6) is -0.341. The zero-order valence-corrected chi connectivity index (χ0v) is 23.8. The highest BCUT2D eigenvalue weighted by molar-refractivity contribution is 5.81. The molecule has 1 aromatic carbocycles. The van der Waals surface area contributed by atoms with E-state index < -0.39 is 18.1 Å². The number of morpholine rings is 1. The normalized spacial score (nSPS) is 19.3. The van der Waals surface area contributed by atoms with Gasteiger partial charge in [0.1, 0.15) is 11.9 Å². The number of ether oxygens (including phenoxy) is 2. The zero-order chi connectivity index (χ0) is 28.8. The van der Waals surface area contributed by atoms with E-state index in [0.717, 1.165) is 47.7 Å². The lowest BCUT2D eigenvalue weighted by Gasteiger charge is -2.33. The van der Waals surface area contributed by atoms with Crippen molar-refractivity contribution in [1.29, 1.82) is 0 Å². The van der Waals surface area contributed by atoms with E-state index in [-0.39, 0.29) is 18.1 Å². The summed E-state index contributed by atoms with van der Waals surface area (Å²) >= 11 is 0. The molecule has 3 aromatic rings. The maximum absolute atomic E-state index is 12.3. The summed E-state index contributed by atoms with van der Waals surface area (Å²) in [7, 11) is 3.83. The van der Waals surface area contributed by atoms with Crippen LogP contribution in [0.1, 0.15) is 30.9 Å². The molecule has 11 nitrogen and oxygen atoms in total. The van der Waals surface area contributed by atoms with Crippen LogP contribution >= 0.6 is 0 Å². The Labute approximate surface area is 234 Å². The Balaban J connectivity index is 0.000000666. The number of aromatic nitrogens is 3. The van der Waals surface area contributed by atoms with Gasteiger partial charge in [-0.2, -0.15) is 0 Å². The lowest BCUT2D eigenvalue weighted by Crippen LogP contribution is -2.45. The van der Waals surface area contributed by atoms with Crippen molar-refractivity contribution in [3.8, 4) is 11.4 Å². The highest BCUT2D eigenvalue weighted by Gasteiger charge is 2.25. The van der Waals surface area contributed by atoms with Crippen LogP contribution in [-0.2, 0) is 34.4 Å². The summed E-state index contributed by atoms with van der Waals surface area (Å²) < 4.78 is 14.4. The summed E-state index contributed by atoms with van der Waals surface area (Å²) in [4.78, 5) is 30.9. The number of carboxylic acids is 1. The fourth-order valence-electron chi connectivity index (χ4n) is 5.03. The van der Waals surface area contributed by atoms with Crippen molar-refractivity contribution in [2.24, 2.45) is 7.05 Å². The quantitative estimate of drug-likeness (QED) is 0.381. The van der Waals surface area contributed by atoms with Crippen molar-refractivity contribution >= 4 is 17.0 Å². The van der Waals surface area contributed by atoms with E-state index in [4.69, 9.17) is 14.5 Å². The molecule has 5 rings (SSSR count). The number of imidazole rings is 1. The highest BCUT2D eigenvalue weighted by atomic mass is 16.5. The predicted molar refractivity (Wildman–Crippen MR) is 152 cm³/mol. The molecule has 2 aromatic heterocycles. The van der Waals surface area contributed by atoms with Gasteiger partial charge in [0.25, 0.3) is 5.56 Å². The number of benzene rings is 1. The van der Waals surface area contributed by atoms with Crippen LogP contribution in [0.4, 0.5) is 0 Å². The molecule has 0 amide bonds. The molecule has 0 radical (unpaired) electrons. The third-order valence-corrected chi connectivity index (χ3v) is 7.45. The van der Waals surface area contributed by atoms with Crippen LogP contribution in [0, 0.1) is 6.92 Å². The number of pyridine rings is 1. The topological polar surface area (TPSA) is 131 Å². The standard InChI is InChI=1S/C25H33N5O5.C4H8O/c1-15-9-18(12-29(4)24(15)32)23-27-20-10-17(11-26-22(16(2)31)25(33)34)5-6-21(20)30(23)13-19-14-35-8-7-28(19)3;1-2-4-5-3-1/h5-6,9-10,12,16,19,22,26,31H,7-8,11,13-14H2,1-4H3,(H,33,34);1-4H2. The minimum atomic E-state index is -1.10. The first-order valence-electron chi connectivity index (χ1n) is 13.8. The molecule has 3 atom stereocenters. The van der Waals surface area contributed by atoms with Crippen molar-refractivity contribution < 1.29 is 24.5 Å².